The average Bonchev–Trinajstić information content (AvgIpc) is 2.36. The molecule has 0 aliphatic carbocycles. The topological polar surface area (TPSA) is 50.7 Å². The normalized spacial score (nSPS) is 11.4. The van der Waals surface area contributed by atoms with Crippen molar-refractivity contribution in [3.05, 3.63) is 46.5 Å². The largest absolute Gasteiger partial charge is 0.451 e. The van der Waals surface area contributed by atoms with Crippen LogP contribution < -0.4 is 5.32 Å². The molecular formula is C12H10ClF3N4. The first-order valence-electron chi connectivity index (χ1n) is 5.63. The highest BCUT2D eigenvalue weighted by Gasteiger charge is 2.35. The molecule has 0 saturated heterocycles. The predicted molar refractivity (Wildman–Crippen MR) is 68.3 cm³/mol. The third-order valence-corrected chi connectivity index (χ3v) is 2.62. The number of nitrogens with zero attached hydrogens (tertiary/aromatic N) is 3. The Bertz CT molecular complexity index is 599. The summed E-state index contributed by atoms with van der Waals surface area (Å²) >= 11 is 5.74. The molecule has 0 spiro atoms. The summed E-state index contributed by atoms with van der Waals surface area (Å²) in [4.78, 5) is 10.4. The first-order valence-corrected chi connectivity index (χ1v) is 6.00. The van der Waals surface area contributed by atoms with Crippen LogP contribution in [0.5, 0.6) is 0 Å². The highest BCUT2D eigenvalue weighted by molar-refractivity contribution is 6.30. The van der Waals surface area contributed by atoms with Crippen molar-refractivity contribution in [1.29, 1.82) is 0 Å². The van der Waals surface area contributed by atoms with E-state index in [4.69, 9.17) is 11.6 Å². The van der Waals surface area contributed by atoms with E-state index in [0.29, 0.717) is 5.02 Å². The fraction of sp³-hybridized carbons (Fsp3) is 0.250. The van der Waals surface area contributed by atoms with Crippen molar-refractivity contribution < 1.29 is 13.2 Å². The van der Waals surface area contributed by atoms with E-state index in [1.165, 1.54) is 6.92 Å². The SMILES string of the molecule is Cc1nc(NCc2ccc(Cl)cc2)nc(C(F)(F)F)n1. The molecule has 0 aliphatic heterocycles. The van der Waals surface area contributed by atoms with Crippen molar-refractivity contribution in [2.75, 3.05) is 5.32 Å². The number of hydrogen-bond acceptors (Lipinski definition) is 4. The molecule has 0 amide bonds. The van der Waals surface area contributed by atoms with Gasteiger partial charge >= 0.3 is 6.18 Å². The first kappa shape index (κ1) is 14.5. The summed E-state index contributed by atoms with van der Waals surface area (Å²) in [5.74, 6) is -1.31. The van der Waals surface area contributed by atoms with E-state index in [0.717, 1.165) is 5.56 Å². The maximum absolute atomic E-state index is 12.6. The number of nitrogens with one attached hydrogen (secondary N) is 1. The van der Waals surface area contributed by atoms with Crippen LogP contribution in [0.4, 0.5) is 19.1 Å². The van der Waals surface area contributed by atoms with Gasteiger partial charge in [-0.2, -0.15) is 23.1 Å². The van der Waals surface area contributed by atoms with Crippen LogP contribution in [0.25, 0.3) is 0 Å². The molecule has 0 fully saturated rings. The summed E-state index contributed by atoms with van der Waals surface area (Å²) in [6, 6.07) is 6.90. The first-order chi connectivity index (χ1) is 9.34. The van der Waals surface area contributed by atoms with Crippen LogP contribution in [0.2, 0.25) is 5.02 Å². The summed E-state index contributed by atoms with van der Waals surface area (Å²) in [6.45, 7) is 1.67. The molecule has 0 bridgehead atoms. The molecule has 1 aromatic carbocycles. The van der Waals surface area contributed by atoms with Gasteiger partial charge in [-0.05, 0) is 24.6 Å². The van der Waals surface area contributed by atoms with Gasteiger partial charge < -0.3 is 5.32 Å². The maximum atomic E-state index is 12.6. The van der Waals surface area contributed by atoms with Gasteiger partial charge in [-0.25, -0.2) is 4.98 Å². The number of benzene rings is 1. The fourth-order valence-electron chi connectivity index (χ4n) is 1.47. The molecule has 0 saturated carbocycles. The average molecular weight is 303 g/mol. The number of hydrogen-bond donors (Lipinski definition) is 1. The molecule has 0 radical (unpaired) electrons. The van der Waals surface area contributed by atoms with Gasteiger partial charge in [0.2, 0.25) is 11.8 Å². The van der Waals surface area contributed by atoms with Crippen molar-refractivity contribution in [2.45, 2.75) is 19.6 Å². The van der Waals surface area contributed by atoms with Crippen LogP contribution in [0, 0.1) is 6.92 Å². The molecule has 2 aromatic rings. The van der Waals surface area contributed by atoms with E-state index in [9.17, 15) is 13.2 Å². The van der Waals surface area contributed by atoms with Crippen LogP contribution in [0.15, 0.2) is 24.3 Å². The molecule has 0 unspecified atom stereocenters. The predicted octanol–water partition coefficient (Wildman–Crippen LogP) is 3.46. The molecule has 0 atom stereocenters. The zero-order valence-corrected chi connectivity index (χ0v) is 11.1. The Hall–Kier alpha value is -1.89. The van der Waals surface area contributed by atoms with Gasteiger partial charge in [-0.3, -0.25) is 0 Å². The van der Waals surface area contributed by atoms with Crippen LogP contribution >= 0.6 is 11.6 Å². The Morgan fingerprint density at radius 1 is 1.10 bits per heavy atom. The van der Waals surface area contributed by atoms with E-state index in [1.807, 2.05) is 0 Å². The Morgan fingerprint density at radius 3 is 2.35 bits per heavy atom. The van der Waals surface area contributed by atoms with E-state index in [-0.39, 0.29) is 18.3 Å². The Balaban J connectivity index is 2.13. The summed E-state index contributed by atoms with van der Waals surface area (Å²) in [7, 11) is 0. The number of alkyl halides is 3. The van der Waals surface area contributed by atoms with E-state index in [2.05, 4.69) is 20.3 Å². The molecule has 1 aromatic heterocycles. The lowest BCUT2D eigenvalue weighted by atomic mass is 10.2. The number of rotatable bonds is 3. The molecule has 4 nitrogen and oxygen atoms in total. The second-order valence-corrected chi connectivity index (χ2v) is 4.44. The van der Waals surface area contributed by atoms with Crippen molar-refractivity contribution in [1.82, 2.24) is 15.0 Å². The third-order valence-electron chi connectivity index (χ3n) is 2.36. The number of aromatic nitrogens is 3. The lowest BCUT2D eigenvalue weighted by molar-refractivity contribution is -0.145. The van der Waals surface area contributed by atoms with Crippen LogP contribution in [0.1, 0.15) is 17.2 Å². The van der Waals surface area contributed by atoms with Gasteiger partial charge in [0.1, 0.15) is 5.82 Å². The number of halogens is 4. The number of aryl methyl sites for hydroxylation is 1. The van der Waals surface area contributed by atoms with Crippen molar-refractivity contribution >= 4 is 17.5 Å². The third kappa shape index (κ3) is 3.80. The molecule has 8 heteroatoms. The van der Waals surface area contributed by atoms with Gasteiger partial charge in [-0.1, -0.05) is 23.7 Å². The zero-order chi connectivity index (χ0) is 14.8. The Morgan fingerprint density at radius 2 is 1.75 bits per heavy atom. The Kier molecular flexibility index (Phi) is 4.08. The molecule has 2 rings (SSSR count). The quantitative estimate of drug-likeness (QED) is 0.943. The molecule has 1 N–H and O–H groups in total. The number of anilines is 1. The van der Waals surface area contributed by atoms with E-state index >= 15 is 0 Å². The van der Waals surface area contributed by atoms with Gasteiger partial charge in [0.25, 0.3) is 0 Å². The minimum Gasteiger partial charge on any atom is -0.350 e. The van der Waals surface area contributed by atoms with Crippen molar-refractivity contribution in [2.24, 2.45) is 0 Å². The molecule has 0 aliphatic rings. The highest BCUT2D eigenvalue weighted by atomic mass is 35.5. The van der Waals surface area contributed by atoms with Crippen molar-refractivity contribution in [3.63, 3.8) is 0 Å². The second-order valence-electron chi connectivity index (χ2n) is 4.01. The minimum atomic E-state index is -4.59. The van der Waals surface area contributed by atoms with Gasteiger partial charge in [0, 0.05) is 11.6 Å². The van der Waals surface area contributed by atoms with Crippen LogP contribution in [0.3, 0.4) is 0 Å². The maximum Gasteiger partial charge on any atom is 0.451 e. The fourth-order valence-corrected chi connectivity index (χ4v) is 1.60. The second kappa shape index (κ2) is 5.62. The molecule has 106 valence electrons. The molecular weight excluding hydrogens is 293 g/mol. The Labute approximate surface area is 118 Å². The smallest absolute Gasteiger partial charge is 0.350 e. The summed E-state index contributed by atoms with van der Waals surface area (Å²) in [5, 5.41) is 3.32. The van der Waals surface area contributed by atoms with Crippen LogP contribution in [-0.4, -0.2) is 15.0 Å². The molecule has 1 heterocycles. The van der Waals surface area contributed by atoms with Crippen LogP contribution in [-0.2, 0) is 12.7 Å². The monoisotopic (exact) mass is 302 g/mol. The highest BCUT2D eigenvalue weighted by Crippen LogP contribution is 2.26. The lowest BCUT2D eigenvalue weighted by Crippen LogP contribution is -2.15. The standard InChI is InChI=1S/C12H10ClF3N4/c1-7-18-10(12(14,15)16)20-11(19-7)17-6-8-2-4-9(13)5-3-8/h2-5H,6H2,1H3,(H,17,18,19,20). The summed E-state index contributed by atoms with van der Waals surface area (Å²) < 4.78 is 37.7. The van der Waals surface area contributed by atoms with Crippen molar-refractivity contribution in [3.8, 4) is 0 Å². The summed E-state index contributed by atoms with van der Waals surface area (Å²) in [5.41, 5.74) is 0.848. The molecule has 20 heavy (non-hydrogen) atoms. The zero-order valence-electron chi connectivity index (χ0n) is 10.4. The van der Waals surface area contributed by atoms with Gasteiger partial charge in [-0.15, -0.1) is 0 Å². The van der Waals surface area contributed by atoms with Gasteiger partial charge in [0.15, 0.2) is 0 Å². The summed E-state index contributed by atoms with van der Waals surface area (Å²) in [6.07, 6.45) is -4.59. The minimum absolute atomic E-state index is 0.00549. The van der Waals surface area contributed by atoms with E-state index in [1.54, 1.807) is 24.3 Å². The van der Waals surface area contributed by atoms with Gasteiger partial charge in [0.05, 0.1) is 0 Å². The lowest BCUT2D eigenvalue weighted by Gasteiger charge is -2.09. The van der Waals surface area contributed by atoms with E-state index < -0.39 is 12.0 Å².